The van der Waals surface area contributed by atoms with Crippen LogP contribution in [0.2, 0.25) is 0 Å². The second-order valence-corrected chi connectivity index (χ2v) is 11.3. The molecule has 0 heterocycles. The molecule has 0 atom stereocenters. The topological polar surface area (TPSA) is 119 Å². The minimum atomic E-state index is 0.482. The van der Waals surface area contributed by atoms with Crippen molar-refractivity contribution in [1.29, 1.82) is 26.3 Å². The van der Waals surface area contributed by atoms with Gasteiger partial charge >= 0.3 is 0 Å². The summed E-state index contributed by atoms with van der Waals surface area (Å²) in [5.41, 5.74) is 13.4. The molecule has 0 fully saturated rings. The van der Waals surface area contributed by atoms with Crippen LogP contribution in [0.15, 0.2) is 127 Å². The molecule has 7 rings (SSSR count). The molecule has 0 amide bonds. The van der Waals surface area contributed by atoms with Crippen molar-refractivity contribution in [2.45, 2.75) is 0 Å². The monoisotopic (exact) mass is 607 g/mol. The fourth-order valence-electron chi connectivity index (χ4n) is 6.28. The molecule has 6 aromatic carbocycles. The molecule has 0 saturated carbocycles. The van der Waals surface area contributed by atoms with E-state index in [0.717, 1.165) is 66.8 Å². The van der Waals surface area contributed by atoms with Gasteiger partial charge < -0.3 is 0 Å². The summed E-state index contributed by atoms with van der Waals surface area (Å²) in [4.78, 5) is 0. The van der Waals surface area contributed by atoms with Gasteiger partial charge in [0.15, 0.2) is 0 Å². The van der Waals surface area contributed by atoms with E-state index in [2.05, 4.69) is 30.3 Å². The van der Waals surface area contributed by atoms with E-state index < -0.39 is 0 Å². The van der Waals surface area contributed by atoms with E-state index in [-0.39, 0.29) is 0 Å². The Labute approximate surface area is 278 Å². The van der Waals surface area contributed by atoms with Gasteiger partial charge in [0.2, 0.25) is 0 Å². The van der Waals surface area contributed by atoms with Crippen LogP contribution < -0.4 is 0 Å². The number of allylic oxidation sites excluding steroid dienone is 1. The summed E-state index contributed by atoms with van der Waals surface area (Å²) >= 11 is 0. The molecule has 5 nitrogen and oxygen atoms in total. The minimum absolute atomic E-state index is 0.482. The van der Waals surface area contributed by atoms with Gasteiger partial charge in [-0.25, -0.2) is 0 Å². The Hall–Kier alpha value is -7.49. The molecule has 1 aliphatic carbocycles. The molecule has 0 radical (unpaired) electrons. The molecular weight excluding hydrogens is 587 g/mol. The van der Waals surface area contributed by atoms with Gasteiger partial charge in [0.05, 0.1) is 52.6 Å². The Morgan fingerprint density at radius 3 is 0.979 bits per heavy atom. The quantitative estimate of drug-likeness (QED) is 0.185. The summed E-state index contributed by atoms with van der Waals surface area (Å²) in [6.07, 6.45) is 1.48. The van der Waals surface area contributed by atoms with Crippen LogP contribution in [0.4, 0.5) is 0 Å². The minimum Gasteiger partial charge on any atom is -0.193 e. The average molecular weight is 608 g/mol. The van der Waals surface area contributed by atoms with Crippen molar-refractivity contribution < 1.29 is 0 Å². The molecule has 0 unspecified atom stereocenters. The van der Waals surface area contributed by atoms with Gasteiger partial charge in [-0.1, -0.05) is 72.8 Å². The second kappa shape index (κ2) is 12.1. The summed E-state index contributed by atoms with van der Waals surface area (Å²) < 4.78 is 0. The number of hydrogen-bond donors (Lipinski definition) is 0. The summed E-state index contributed by atoms with van der Waals surface area (Å²) in [5.74, 6) is 0. The summed E-state index contributed by atoms with van der Waals surface area (Å²) in [5, 5.41) is 48.4. The van der Waals surface area contributed by atoms with Crippen molar-refractivity contribution in [2.24, 2.45) is 0 Å². The van der Waals surface area contributed by atoms with Crippen molar-refractivity contribution in [3.8, 4) is 86.0 Å². The van der Waals surface area contributed by atoms with Gasteiger partial charge in [0.25, 0.3) is 0 Å². The van der Waals surface area contributed by atoms with E-state index in [1.165, 1.54) is 6.08 Å². The van der Waals surface area contributed by atoms with E-state index in [0.29, 0.717) is 27.8 Å². The molecule has 0 saturated heterocycles. The summed E-state index contributed by atoms with van der Waals surface area (Å²) in [6, 6.07) is 49.6. The van der Waals surface area contributed by atoms with Crippen molar-refractivity contribution in [2.75, 3.05) is 0 Å². The Bertz CT molecular complexity index is 2330. The molecule has 6 aromatic rings. The molecular formula is C43H21N5. The van der Waals surface area contributed by atoms with Gasteiger partial charge in [-0.15, -0.1) is 0 Å². The van der Waals surface area contributed by atoms with E-state index in [1.54, 1.807) is 24.3 Å². The van der Waals surface area contributed by atoms with Gasteiger partial charge in [-0.3, -0.25) is 0 Å². The fraction of sp³-hybridized carbons (Fsp3) is 0. The number of nitriles is 5. The zero-order valence-corrected chi connectivity index (χ0v) is 25.4. The highest BCUT2D eigenvalue weighted by Crippen LogP contribution is 2.49. The normalized spacial score (nSPS) is 10.8. The van der Waals surface area contributed by atoms with Crippen molar-refractivity contribution in [1.82, 2.24) is 0 Å². The molecule has 0 N–H and O–H groups in total. The summed E-state index contributed by atoms with van der Waals surface area (Å²) in [6.45, 7) is 0. The van der Waals surface area contributed by atoms with Crippen LogP contribution in [0.1, 0.15) is 33.4 Å². The van der Waals surface area contributed by atoms with Crippen LogP contribution in [0.3, 0.4) is 0 Å². The highest BCUT2D eigenvalue weighted by Gasteiger charge is 2.28. The van der Waals surface area contributed by atoms with Crippen molar-refractivity contribution in [3.63, 3.8) is 0 Å². The van der Waals surface area contributed by atoms with Gasteiger partial charge in [-0.05, 0) is 104 Å². The van der Waals surface area contributed by atoms with Crippen LogP contribution in [0, 0.1) is 56.7 Å². The highest BCUT2D eigenvalue weighted by atomic mass is 14.3. The first-order valence-corrected chi connectivity index (χ1v) is 15.0. The largest absolute Gasteiger partial charge is 0.193 e. The van der Waals surface area contributed by atoms with Crippen LogP contribution >= 0.6 is 0 Å². The van der Waals surface area contributed by atoms with Crippen molar-refractivity contribution >= 4 is 5.57 Å². The molecule has 48 heavy (non-hydrogen) atoms. The number of hydrogen-bond acceptors (Lipinski definition) is 5. The third-order valence-corrected chi connectivity index (χ3v) is 8.72. The average Bonchev–Trinajstić information content (AvgIpc) is 3.45. The Balaban J connectivity index is 1.32. The lowest BCUT2D eigenvalue weighted by atomic mass is 9.91. The summed E-state index contributed by atoms with van der Waals surface area (Å²) in [7, 11) is 0. The zero-order valence-electron chi connectivity index (χ0n) is 25.4. The van der Waals surface area contributed by atoms with E-state index in [9.17, 15) is 15.8 Å². The van der Waals surface area contributed by atoms with E-state index >= 15 is 0 Å². The predicted molar refractivity (Wildman–Crippen MR) is 185 cm³/mol. The van der Waals surface area contributed by atoms with Gasteiger partial charge in [-0.2, -0.15) is 26.3 Å². The Morgan fingerprint density at radius 2 is 0.667 bits per heavy atom. The first-order valence-electron chi connectivity index (χ1n) is 15.0. The Kier molecular flexibility index (Phi) is 7.39. The smallest absolute Gasteiger partial charge is 0.0998 e. The molecule has 0 aromatic heterocycles. The standard InChI is InChI=1S/C43H21N5/c44-18-17-37-40-19-35(25-47)38(33-13-9-31(10-14-33)29-5-1-27(23-45)2-6-29)21-42(40)43-22-39(36(26-48)20-41(37)43)34-15-11-32(12-16-34)30-7-3-28(24-46)4-8-30/h1-17,19-22H. The third-order valence-electron chi connectivity index (χ3n) is 8.72. The molecule has 0 aliphatic heterocycles. The maximum atomic E-state index is 10.2. The maximum absolute atomic E-state index is 10.2. The van der Waals surface area contributed by atoms with Gasteiger partial charge in [0.1, 0.15) is 0 Å². The second-order valence-electron chi connectivity index (χ2n) is 11.3. The lowest BCUT2D eigenvalue weighted by Crippen LogP contribution is -1.90. The highest BCUT2D eigenvalue weighted by molar-refractivity contribution is 6.05. The molecule has 0 spiro atoms. The predicted octanol–water partition coefficient (Wildman–Crippen LogP) is 9.78. The lowest BCUT2D eigenvalue weighted by molar-refractivity contribution is 1.47. The van der Waals surface area contributed by atoms with Crippen LogP contribution in [-0.2, 0) is 0 Å². The van der Waals surface area contributed by atoms with Crippen LogP contribution in [-0.4, -0.2) is 0 Å². The van der Waals surface area contributed by atoms with Gasteiger partial charge in [0, 0.05) is 22.8 Å². The third kappa shape index (κ3) is 5.06. The first kappa shape index (κ1) is 29.2. The van der Waals surface area contributed by atoms with Crippen LogP contribution in [0.5, 0.6) is 0 Å². The number of rotatable bonds is 4. The molecule has 5 heteroatoms. The van der Waals surface area contributed by atoms with E-state index in [1.807, 2.05) is 97.1 Å². The molecule has 0 bridgehead atoms. The number of nitrogens with zero attached hydrogens (tertiary/aromatic N) is 5. The fourth-order valence-corrected chi connectivity index (χ4v) is 6.28. The number of fused-ring (bicyclic) bond motifs is 3. The zero-order chi connectivity index (χ0) is 33.2. The van der Waals surface area contributed by atoms with Crippen LogP contribution in [0.25, 0.3) is 61.2 Å². The Morgan fingerprint density at radius 1 is 0.333 bits per heavy atom. The van der Waals surface area contributed by atoms with E-state index in [4.69, 9.17) is 10.5 Å². The maximum Gasteiger partial charge on any atom is 0.0998 e. The first-order chi connectivity index (χ1) is 23.5. The SMILES string of the molecule is N#CC=C1c2cc(C#N)c(-c3ccc(-c4ccc(C#N)cc4)cc3)cc2-c2cc(-c3ccc(-c4ccc(C#N)cc4)cc3)c(C#N)cc21. The molecule has 1 aliphatic rings. The van der Waals surface area contributed by atoms with Crippen molar-refractivity contribution in [3.05, 3.63) is 161 Å². The molecule has 218 valence electrons. The number of benzene rings is 6. The lowest BCUT2D eigenvalue weighted by Gasteiger charge is -2.12.